The van der Waals surface area contributed by atoms with Crippen molar-refractivity contribution in [3.05, 3.63) is 24.2 Å². The van der Waals surface area contributed by atoms with Crippen molar-refractivity contribution in [2.45, 2.75) is 43.9 Å². The lowest BCUT2D eigenvalue weighted by molar-refractivity contribution is -0.923. The van der Waals surface area contributed by atoms with Gasteiger partial charge < -0.3 is 14.1 Å². The van der Waals surface area contributed by atoms with Crippen LogP contribution in [0.3, 0.4) is 0 Å². The van der Waals surface area contributed by atoms with E-state index in [0.29, 0.717) is 17.8 Å². The SMILES string of the molecule is C[NH+]1C2CCC1CC(OC(=O)c1ccco1)C2. The summed E-state index contributed by atoms with van der Waals surface area (Å²) in [5.41, 5.74) is 0. The average Bonchev–Trinajstić information content (AvgIpc) is 2.88. The van der Waals surface area contributed by atoms with E-state index in [0.717, 1.165) is 12.8 Å². The van der Waals surface area contributed by atoms with Gasteiger partial charge in [-0.15, -0.1) is 0 Å². The molecular formula is C13H18NO3+. The van der Waals surface area contributed by atoms with Gasteiger partial charge in [0.25, 0.3) is 0 Å². The molecule has 17 heavy (non-hydrogen) atoms. The third-order valence-corrected chi connectivity index (χ3v) is 4.24. The largest absolute Gasteiger partial charge is 0.457 e. The van der Waals surface area contributed by atoms with E-state index in [4.69, 9.17) is 9.15 Å². The standard InChI is InChI=1S/C13H17NO3/c1-14-9-4-5-10(14)8-11(7-9)17-13(15)12-3-2-6-16-12/h2-3,6,9-11H,4-5,7-8H2,1H3/p+1. The van der Waals surface area contributed by atoms with Crippen molar-refractivity contribution in [2.75, 3.05) is 7.05 Å². The number of nitrogens with one attached hydrogen (secondary N) is 1. The zero-order valence-corrected chi connectivity index (χ0v) is 10.0. The molecule has 1 aromatic rings. The molecule has 0 amide bonds. The van der Waals surface area contributed by atoms with Gasteiger partial charge in [-0.25, -0.2) is 4.79 Å². The second kappa shape index (κ2) is 4.18. The number of piperidine rings is 1. The Kier molecular flexibility index (Phi) is 2.67. The number of hydrogen-bond acceptors (Lipinski definition) is 3. The van der Waals surface area contributed by atoms with Gasteiger partial charge in [0.1, 0.15) is 6.10 Å². The molecule has 0 spiro atoms. The van der Waals surface area contributed by atoms with E-state index in [9.17, 15) is 4.79 Å². The lowest BCUT2D eigenvalue weighted by Gasteiger charge is -2.32. The zero-order chi connectivity index (χ0) is 11.8. The molecule has 2 aliphatic heterocycles. The van der Waals surface area contributed by atoms with Gasteiger partial charge in [-0.1, -0.05) is 0 Å². The third kappa shape index (κ3) is 1.97. The number of ether oxygens (including phenoxy) is 1. The number of rotatable bonds is 2. The topological polar surface area (TPSA) is 43.9 Å². The lowest BCUT2D eigenvalue weighted by Crippen LogP contribution is -3.15. The summed E-state index contributed by atoms with van der Waals surface area (Å²) in [6.45, 7) is 0. The van der Waals surface area contributed by atoms with Gasteiger partial charge in [-0.05, 0) is 12.1 Å². The second-order valence-corrected chi connectivity index (χ2v) is 5.19. The van der Waals surface area contributed by atoms with Gasteiger partial charge in [0.05, 0.1) is 25.4 Å². The van der Waals surface area contributed by atoms with Gasteiger partial charge >= 0.3 is 5.97 Å². The summed E-state index contributed by atoms with van der Waals surface area (Å²) < 4.78 is 10.6. The molecule has 0 saturated carbocycles. The van der Waals surface area contributed by atoms with Crippen molar-refractivity contribution >= 4 is 5.97 Å². The van der Waals surface area contributed by atoms with E-state index in [2.05, 4.69) is 7.05 Å². The molecule has 2 saturated heterocycles. The lowest BCUT2D eigenvalue weighted by atomic mass is 10.0. The Morgan fingerprint density at radius 2 is 2.12 bits per heavy atom. The average molecular weight is 236 g/mol. The highest BCUT2D eigenvalue weighted by molar-refractivity contribution is 5.86. The van der Waals surface area contributed by atoms with E-state index in [1.165, 1.54) is 19.1 Å². The predicted octanol–water partition coefficient (Wildman–Crippen LogP) is 0.645. The van der Waals surface area contributed by atoms with Gasteiger partial charge in [-0.3, -0.25) is 0 Å². The summed E-state index contributed by atoms with van der Waals surface area (Å²) in [5.74, 6) is -0.0115. The van der Waals surface area contributed by atoms with Crippen LogP contribution in [0.25, 0.3) is 0 Å². The molecule has 2 atom stereocenters. The van der Waals surface area contributed by atoms with E-state index >= 15 is 0 Å². The maximum Gasteiger partial charge on any atom is 0.374 e. The fourth-order valence-electron chi connectivity index (χ4n) is 3.23. The number of esters is 1. The molecule has 2 aliphatic rings. The van der Waals surface area contributed by atoms with E-state index in [1.807, 2.05) is 0 Å². The van der Waals surface area contributed by atoms with Crippen LogP contribution in [0.4, 0.5) is 0 Å². The summed E-state index contributed by atoms with van der Waals surface area (Å²) in [6, 6.07) is 4.70. The van der Waals surface area contributed by atoms with Crippen LogP contribution in [0.1, 0.15) is 36.2 Å². The fraction of sp³-hybridized carbons (Fsp3) is 0.615. The zero-order valence-electron chi connectivity index (χ0n) is 10.0. The first-order valence-corrected chi connectivity index (χ1v) is 6.32. The molecule has 1 N–H and O–H groups in total. The number of fused-ring (bicyclic) bond motifs is 2. The number of carbonyl (C=O) groups is 1. The molecule has 92 valence electrons. The van der Waals surface area contributed by atoms with Gasteiger partial charge in [-0.2, -0.15) is 0 Å². The van der Waals surface area contributed by atoms with Crippen molar-refractivity contribution in [1.82, 2.24) is 0 Å². The summed E-state index contributed by atoms with van der Waals surface area (Å²) in [7, 11) is 2.26. The van der Waals surface area contributed by atoms with Gasteiger partial charge in [0.15, 0.2) is 0 Å². The highest BCUT2D eigenvalue weighted by Crippen LogP contribution is 2.25. The molecule has 4 heteroatoms. The number of hydrogen-bond donors (Lipinski definition) is 1. The monoisotopic (exact) mass is 236 g/mol. The van der Waals surface area contributed by atoms with Crippen molar-refractivity contribution in [1.29, 1.82) is 0 Å². The third-order valence-electron chi connectivity index (χ3n) is 4.24. The molecule has 0 radical (unpaired) electrons. The molecule has 2 unspecified atom stereocenters. The molecule has 0 aromatic carbocycles. The van der Waals surface area contributed by atoms with Crippen LogP contribution in [0.15, 0.2) is 22.8 Å². The van der Waals surface area contributed by atoms with Crippen LogP contribution in [0.2, 0.25) is 0 Å². The smallest absolute Gasteiger partial charge is 0.374 e. The summed E-state index contributed by atoms with van der Waals surface area (Å²) in [6.07, 6.45) is 6.10. The van der Waals surface area contributed by atoms with Crippen molar-refractivity contribution in [3.8, 4) is 0 Å². The second-order valence-electron chi connectivity index (χ2n) is 5.19. The summed E-state index contributed by atoms with van der Waals surface area (Å²) in [4.78, 5) is 13.4. The molecule has 3 heterocycles. The number of quaternary nitrogens is 1. The van der Waals surface area contributed by atoms with Gasteiger partial charge in [0.2, 0.25) is 5.76 Å². The molecule has 3 rings (SSSR count). The van der Waals surface area contributed by atoms with Crippen molar-refractivity contribution in [3.63, 3.8) is 0 Å². The normalized spacial score (nSPS) is 35.8. The highest BCUT2D eigenvalue weighted by atomic mass is 16.6. The Hall–Kier alpha value is -1.29. The first-order valence-electron chi connectivity index (χ1n) is 6.32. The number of carbonyl (C=O) groups excluding carboxylic acids is 1. The van der Waals surface area contributed by atoms with Crippen LogP contribution in [-0.2, 0) is 4.74 Å². The quantitative estimate of drug-likeness (QED) is 0.767. The molecule has 1 aromatic heterocycles. The maximum atomic E-state index is 11.8. The minimum absolute atomic E-state index is 0.0776. The van der Waals surface area contributed by atoms with Crippen LogP contribution in [-0.4, -0.2) is 31.2 Å². The molecule has 2 bridgehead atoms. The van der Waals surface area contributed by atoms with Crippen LogP contribution in [0, 0.1) is 0 Å². The maximum absolute atomic E-state index is 11.8. The van der Waals surface area contributed by atoms with Crippen LogP contribution >= 0.6 is 0 Å². The summed E-state index contributed by atoms with van der Waals surface area (Å²) >= 11 is 0. The molecule has 4 nitrogen and oxygen atoms in total. The van der Waals surface area contributed by atoms with E-state index in [-0.39, 0.29) is 12.1 Å². The highest BCUT2D eigenvalue weighted by Gasteiger charge is 2.43. The Morgan fingerprint density at radius 3 is 2.71 bits per heavy atom. The first kappa shape index (κ1) is 10.8. The Labute approximate surface area is 101 Å². The molecule has 0 aliphatic carbocycles. The van der Waals surface area contributed by atoms with E-state index in [1.54, 1.807) is 17.0 Å². The minimum atomic E-state index is -0.320. The first-order chi connectivity index (χ1) is 8.24. The Morgan fingerprint density at radius 1 is 1.41 bits per heavy atom. The van der Waals surface area contributed by atoms with Crippen LogP contribution in [0.5, 0.6) is 0 Å². The minimum Gasteiger partial charge on any atom is -0.457 e. The van der Waals surface area contributed by atoms with Crippen molar-refractivity contribution in [2.24, 2.45) is 0 Å². The van der Waals surface area contributed by atoms with Crippen molar-refractivity contribution < 1.29 is 18.8 Å². The Bertz CT molecular complexity index is 387. The predicted molar refractivity (Wildman–Crippen MR) is 60.8 cm³/mol. The Balaban J connectivity index is 1.62. The van der Waals surface area contributed by atoms with Gasteiger partial charge in [0, 0.05) is 25.7 Å². The fourth-order valence-corrected chi connectivity index (χ4v) is 3.23. The summed E-state index contributed by atoms with van der Waals surface area (Å²) in [5, 5.41) is 0. The molecular weight excluding hydrogens is 218 g/mol. The van der Waals surface area contributed by atoms with Crippen LogP contribution < -0.4 is 4.90 Å². The molecule has 2 fully saturated rings. The number of furan rings is 1. The van der Waals surface area contributed by atoms with E-state index < -0.39 is 0 Å².